The molecule has 0 bridgehead atoms. The topological polar surface area (TPSA) is 216 Å². The molecule has 14 heteroatoms. The highest BCUT2D eigenvalue weighted by Crippen LogP contribution is 2.44. The molecule has 0 amide bonds. The molecule has 2 aromatic carbocycles. The van der Waals surface area contributed by atoms with Gasteiger partial charge in [0.15, 0.2) is 29.9 Å². The number of Topliss-reactive ketones (excluding diaryl/α,β-unsaturated/α-hetero) is 1. The van der Waals surface area contributed by atoms with E-state index in [1.54, 1.807) is 13.8 Å². The second kappa shape index (κ2) is 14.3. The van der Waals surface area contributed by atoms with Crippen molar-refractivity contribution in [1.82, 2.24) is 0 Å². The van der Waals surface area contributed by atoms with Crippen molar-refractivity contribution in [1.29, 1.82) is 0 Å². The fourth-order valence-electron chi connectivity index (χ4n) is 7.52. The van der Waals surface area contributed by atoms with E-state index in [0.29, 0.717) is 25.7 Å². The minimum Gasteiger partial charge on any atom is -0.507 e. The lowest BCUT2D eigenvalue weighted by atomic mass is 9.79. The molecule has 3 fully saturated rings. The molecule has 3 saturated heterocycles. The van der Waals surface area contributed by atoms with Crippen LogP contribution in [0.4, 0.5) is 0 Å². The number of benzene rings is 2. The van der Waals surface area contributed by atoms with Crippen molar-refractivity contribution < 1.29 is 68.4 Å². The van der Waals surface area contributed by atoms with Gasteiger partial charge in [-0.25, -0.2) is 0 Å². The molecule has 10 atom stereocenters. The van der Waals surface area contributed by atoms with Crippen LogP contribution in [-0.2, 0) is 39.7 Å². The van der Waals surface area contributed by atoms with Crippen LogP contribution in [0, 0.1) is 0 Å². The summed E-state index contributed by atoms with van der Waals surface area (Å²) in [6.07, 6.45) is -4.48. The van der Waals surface area contributed by atoms with E-state index in [9.17, 15) is 39.6 Å². The third-order valence-corrected chi connectivity index (χ3v) is 10.2. The molecule has 3 aliphatic heterocycles. The van der Waals surface area contributed by atoms with Gasteiger partial charge in [-0.1, -0.05) is 12.1 Å². The van der Waals surface area contributed by atoms with Gasteiger partial charge in [0, 0.05) is 48.8 Å². The van der Waals surface area contributed by atoms with Gasteiger partial charge in [-0.2, -0.15) is 0 Å². The number of carbonyl (C=O) groups excluding carboxylic acids is 3. The fourth-order valence-corrected chi connectivity index (χ4v) is 7.52. The average molecular weight is 713 g/mol. The van der Waals surface area contributed by atoms with Crippen LogP contribution in [0.25, 0.3) is 0 Å². The number of carboxylic acids is 1. The summed E-state index contributed by atoms with van der Waals surface area (Å²) in [7, 11) is 0. The van der Waals surface area contributed by atoms with Crippen LogP contribution in [0.15, 0.2) is 24.3 Å². The number of rotatable bonds is 9. The molecule has 0 saturated carbocycles. The molecule has 1 aliphatic carbocycles. The average Bonchev–Trinajstić information content (AvgIpc) is 3.04. The molecule has 6 rings (SSSR count). The molecule has 0 aromatic heterocycles. The molecule has 14 nitrogen and oxygen atoms in total. The highest BCUT2D eigenvalue weighted by Gasteiger charge is 2.43. The Morgan fingerprint density at radius 2 is 1.51 bits per heavy atom. The van der Waals surface area contributed by atoms with Crippen LogP contribution in [0.1, 0.15) is 115 Å². The molecule has 0 radical (unpaired) electrons. The predicted octanol–water partition coefficient (Wildman–Crippen LogP) is 3.24. The number of carbonyl (C=O) groups is 4. The number of phenolic OH excluding ortho intramolecular Hbond substituents is 2. The lowest BCUT2D eigenvalue weighted by Crippen LogP contribution is -2.50. The van der Waals surface area contributed by atoms with Gasteiger partial charge < -0.3 is 49.2 Å². The maximum atomic E-state index is 13.7. The molecule has 51 heavy (non-hydrogen) atoms. The highest BCUT2D eigenvalue weighted by atomic mass is 16.7. The van der Waals surface area contributed by atoms with Gasteiger partial charge in [0.1, 0.15) is 23.7 Å². The van der Waals surface area contributed by atoms with Crippen LogP contribution in [0.3, 0.4) is 0 Å². The predicted molar refractivity (Wildman–Crippen MR) is 175 cm³/mol. The lowest BCUT2D eigenvalue weighted by Gasteiger charge is -2.42. The molecule has 276 valence electrons. The van der Waals surface area contributed by atoms with E-state index in [-0.39, 0.29) is 64.2 Å². The van der Waals surface area contributed by atoms with E-state index >= 15 is 0 Å². The molecule has 5 N–H and O–H groups in total. The first-order valence-corrected chi connectivity index (χ1v) is 17.3. The van der Waals surface area contributed by atoms with Crippen molar-refractivity contribution in [3.05, 3.63) is 57.6 Å². The van der Waals surface area contributed by atoms with Crippen molar-refractivity contribution in [2.45, 2.75) is 134 Å². The van der Waals surface area contributed by atoms with Crippen LogP contribution in [0.5, 0.6) is 11.5 Å². The largest absolute Gasteiger partial charge is 0.507 e. The van der Waals surface area contributed by atoms with Crippen molar-refractivity contribution in [2.24, 2.45) is 0 Å². The van der Waals surface area contributed by atoms with Gasteiger partial charge >= 0.3 is 5.97 Å². The minimum absolute atomic E-state index is 0.00439. The monoisotopic (exact) mass is 712 g/mol. The zero-order valence-corrected chi connectivity index (χ0v) is 28.9. The van der Waals surface area contributed by atoms with E-state index in [1.807, 2.05) is 6.92 Å². The SMILES string of the molecule is C[C@@H]1O[C@@H](O[C@H]2CC[C@H](O[C@H]3[C@H](O)C[C@H](c4ccc5c(c4O)C(=O)c4ccc(C[C@@](C)(O)CC(=O)O)c(O)c4C5=O)O[C@@H]3C)O[C@H]2C)CCC1=O. The number of hydrogen-bond donors (Lipinski definition) is 5. The third kappa shape index (κ3) is 7.45. The van der Waals surface area contributed by atoms with E-state index in [0.717, 1.165) is 0 Å². The third-order valence-electron chi connectivity index (χ3n) is 10.2. The number of fused-ring (bicyclic) bond motifs is 2. The Balaban J connectivity index is 1.12. The van der Waals surface area contributed by atoms with E-state index in [2.05, 4.69) is 0 Å². The summed E-state index contributed by atoms with van der Waals surface area (Å²) in [5.74, 6) is -3.66. The molecule has 0 unspecified atom stereocenters. The number of aliphatic hydroxyl groups excluding tert-OH is 1. The second-order valence-corrected chi connectivity index (χ2v) is 14.3. The number of hydrogen-bond acceptors (Lipinski definition) is 13. The molecule has 3 heterocycles. The van der Waals surface area contributed by atoms with E-state index < -0.39 is 84.2 Å². The molecule has 4 aliphatic rings. The van der Waals surface area contributed by atoms with Crippen molar-refractivity contribution in [2.75, 3.05) is 0 Å². The van der Waals surface area contributed by atoms with Gasteiger partial charge in [0.25, 0.3) is 0 Å². The number of carboxylic acid groups (broad SMARTS) is 1. The van der Waals surface area contributed by atoms with Crippen LogP contribution < -0.4 is 0 Å². The summed E-state index contributed by atoms with van der Waals surface area (Å²) in [5, 5.41) is 53.2. The van der Waals surface area contributed by atoms with Crippen LogP contribution >= 0.6 is 0 Å². The van der Waals surface area contributed by atoms with Gasteiger partial charge in [0.05, 0.1) is 53.7 Å². The van der Waals surface area contributed by atoms with Crippen molar-refractivity contribution in [3.63, 3.8) is 0 Å². The summed E-state index contributed by atoms with van der Waals surface area (Å²) >= 11 is 0. The normalized spacial score (nSPS) is 32.2. The van der Waals surface area contributed by atoms with Crippen LogP contribution in [0.2, 0.25) is 0 Å². The molecule has 2 aromatic rings. The number of aromatic hydroxyl groups is 2. The quantitative estimate of drug-likeness (QED) is 0.215. The Bertz CT molecular complexity index is 1710. The van der Waals surface area contributed by atoms with Crippen molar-refractivity contribution >= 4 is 23.3 Å². The summed E-state index contributed by atoms with van der Waals surface area (Å²) in [5.41, 5.74) is -2.32. The lowest BCUT2D eigenvalue weighted by molar-refractivity contribution is -0.298. The first-order chi connectivity index (χ1) is 24.0. The van der Waals surface area contributed by atoms with Gasteiger partial charge in [-0.15, -0.1) is 0 Å². The highest BCUT2D eigenvalue weighted by molar-refractivity contribution is 6.30. The molecular formula is C37H44O14. The maximum Gasteiger partial charge on any atom is 0.306 e. The van der Waals surface area contributed by atoms with E-state index in [4.69, 9.17) is 28.8 Å². The molecular weight excluding hydrogens is 668 g/mol. The number of ketones is 3. The summed E-state index contributed by atoms with van der Waals surface area (Å²) < 4.78 is 30.2. The summed E-state index contributed by atoms with van der Waals surface area (Å²) in [4.78, 5) is 50.2. The Morgan fingerprint density at radius 3 is 2.14 bits per heavy atom. The van der Waals surface area contributed by atoms with E-state index in [1.165, 1.54) is 31.2 Å². The zero-order valence-electron chi connectivity index (χ0n) is 28.9. The first kappa shape index (κ1) is 37.0. The number of aliphatic hydroxyl groups is 2. The minimum atomic E-state index is -1.73. The summed E-state index contributed by atoms with van der Waals surface area (Å²) in [6.45, 7) is 6.58. The smallest absolute Gasteiger partial charge is 0.306 e. The van der Waals surface area contributed by atoms with Crippen molar-refractivity contribution in [3.8, 4) is 11.5 Å². The number of phenols is 2. The Kier molecular flexibility index (Phi) is 10.4. The molecule has 0 spiro atoms. The van der Waals surface area contributed by atoms with Gasteiger partial charge in [0.2, 0.25) is 0 Å². The first-order valence-electron chi connectivity index (χ1n) is 17.3. The fraction of sp³-hybridized carbons (Fsp3) is 0.568. The maximum absolute atomic E-state index is 13.7. The Labute approximate surface area is 294 Å². The summed E-state index contributed by atoms with van der Waals surface area (Å²) in [6, 6.07) is 5.43. The van der Waals surface area contributed by atoms with Gasteiger partial charge in [-0.3, -0.25) is 19.2 Å². The zero-order chi connectivity index (χ0) is 36.9. The van der Waals surface area contributed by atoms with Crippen LogP contribution in [-0.4, -0.2) is 104 Å². The second-order valence-electron chi connectivity index (χ2n) is 14.3. The Morgan fingerprint density at radius 1 is 0.863 bits per heavy atom. The van der Waals surface area contributed by atoms with Gasteiger partial charge in [-0.05, 0) is 51.8 Å². The standard InChI is InChI=1S/C37H44O14/c1-16-23(38)9-11-28(48-16)50-25-10-12-29(49-17(25)2)51-36-18(3)47-26(13-24(36)39)20-7-8-22-31(33(20)43)35(45)21-6-5-19(32(42)30(21)34(22)44)14-37(4,46)15-27(40)41/h5-8,16-18,24-26,28-29,36,39,42-43,46H,9-15H2,1-4H3,(H,40,41)/t16-,17-,18+,24+,25-,26+,28-,29-,36+,37+/m0/s1. The number of ether oxygens (including phenoxy) is 5. The number of aliphatic carboxylic acids is 1. The Hall–Kier alpha value is -3.76.